The standard InChI is InChI=1S/C10H15N3O4/c1-12-5-8(14)10(15)6-3-2-4-7(11)9(6)13(16)17/h2-4,8,10,12,14-15H,5,11H2,1H3. The number of hydrogen-bond acceptors (Lipinski definition) is 6. The van der Waals surface area contributed by atoms with Crippen molar-refractivity contribution in [2.24, 2.45) is 0 Å². The molecule has 0 aliphatic heterocycles. The van der Waals surface area contributed by atoms with Crippen LogP contribution in [0, 0.1) is 10.1 Å². The Labute approximate surface area is 98.0 Å². The molecule has 17 heavy (non-hydrogen) atoms. The molecular weight excluding hydrogens is 226 g/mol. The number of nitrogens with zero attached hydrogens (tertiary/aromatic N) is 1. The number of likely N-dealkylation sites (N-methyl/N-ethyl adjacent to an activating group) is 1. The van der Waals surface area contributed by atoms with Gasteiger partial charge in [0.2, 0.25) is 0 Å². The number of nitrogens with one attached hydrogen (secondary N) is 1. The summed E-state index contributed by atoms with van der Waals surface area (Å²) in [6.07, 6.45) is -2.49. The number of rotatable bonds is 5. The number of nitrogen functional groups attached to an aromatic ring is 1. The molecule has 1 aromatic carbocycles. The molecule has 0 spiro atoms. The van der Waals surface area contributed by atoms with Gasteiger partial charge in [0.05, 0.1) is 16.6 Å². The Balaban J connectivity index is 3.13. The molecule has 94 valence electrons. The maximum absolute atomic E-state index is 10.8. The molecule has 2 unspecified atom stereocenters. The van der Waals surface area contributed by atoms with E-state index in [9.17, 15) is 20.3 Å². The maximum atomic E-state index is 10.8. The number of aliphatic hydroxyl groups excluding tert-OH is 2. The van der Waals surface area contributed by atoms with E-state index in [1.54, 1.807) is 7.05 Å². The van der Waals surface area contributed by atoms with E-state index in [1.165, 1.54) is 18.2 Å². The molecule has 0 saturated carbocycles. The molecule has 0 heterocycles. The predicted molar refractivity (Wildman–Crippen MR) is 62.4 cm³/mol. The first kappa shape index (κ1) is 13.4. The van der Waals surface area contributed by atoms with Crippen LogP contribution in [-0.2, 0) is 0 Å². The highest BCUT2D eigenvalue weighted by Crippen LogP contribution is 2.31. The van der Waals surface area contributed by atoms with Crippen molar-refractivity contribution in [2.75, 3.05) is 19.3 Å². The monoisotopic (exact) mass is 241 g/mol. The van der Waals surface area contributed by atoms with Crippen LogP contribution in [-0.4, -0.2) is 34.8 Å². The summed E-state index contributed by atoms with van der Waals surface area (Å²) in [6.45, 7) is 0.118. The number of para-hydroxylation sites is 1. The van der Waals surface area contributed by atoms with Crippen molar-refractivity contribution in [3.8, 4) is 0 Å². The van der Waals surface area contributed by atoms with Gasteiger partial charge in [-0.1, -0.05) is 6.07 Å². The summed E-state index contributed by atoms with van der Waals surface area (Å²) in [5.41, 5.74) is 5.09. The molecule has 0 aromatic heterocycles. The minimum absolute atomic E-state index is 0.0118. The molecule has 0 fully saturated rings. The van der Waals surface area contributed by atoms with Gasteiger partial charge >= 0.3 is 0 Å². The number of benzene rings is 1. The van der Waals surface area contributed by atoms with Gasteiger partial charge in [0, 0.05) is 6.54 Å². The summed E-state index contributed by atoms with van der Waals surface area (Å²) in [5, 5.41) is 32.9. The molecule has 0 saturated heterocycles. The van der Waals surface area contributed by atoms with Crippen LogP contribution in [0.2, 0.25) is 0 Å². The van der Waals surface area contributed by atoms with E-state index in [0.717, 1.165) is 0 Å². The Hall–Kier alpha value is -1.70. The van der Waals surface area contributed by atoms with E-state index in [4.69, 9.17) is 5.73 Å². The molecule has 1 aromatic rings. The zero-order valence-corrected chi connectivity index (χ0v) is 9.33. The number of nitro groups is 1. The van der Waals surface area contributed by atoms with Gasteiger partial charge in [0.15, 0.2) is 0 Å². The average Bonchev–Trinajstić information content (AvgIpc) is 2.27. The van der Waals surface area contributed by atoms with Gasteiger partial charge in [-0.2, -0.15) is 0 Å². The Bertz CT molecular complexity index is 411. The van der Waals surface area contributed by atoms with Gasteiger partial charge < -0.3 is 21.3 Å². The summed E-state index contributed by atoms with van der Waals surface area (Å²) in [5.74, 6) is 0. The molecule has 0 bridgehead atoms. The van der Waals surface area contributed by atoms with Gasteiger partial charge in [-0.3, -0.25) is 10.1 Å². The van der Waals surface area contributed by atoms with Crippen molar-refractivity contribution >= 4 is 11.4 Å². The molecule has 5 N–H and O–H groups in total. The molecule has 0 radical (unpaired) electrons. The van der Waals surface area contributed by atoms with Crippen LogP contribution in [0.3, 0.4) is 0 Å². The third-order valence-corrected chi connectivity index (χ3v) is 2.38. The first-order valence-corrected chi connectivity index (χ1v) is 5.02. The third kappa shape index (κ3) is 2.90. The predicted octanol–water partition coefficient (Wildman–Crippen LogP) is -0.209. The van der Waals surface area contributed by atoms with E-state index in [2.05, 4.69) is 5.32 Å². The normalized spacial score (nSPS) is 14.3. The smallest absolute Gasteiger partial charge is 0.297 e. The average molecular weight is 241 g/mol. The lowest BCUT2D eigenvalue weighted by Gasteiger charge is -2.18. The van der Waals surface area contributed by atoms with E-state index >= 15 is 0 Å². The van der Waals surface area contributed by atoms with Crippen molar-refractivity contribution < 1.29 is 15.1 Å². The van der Waals surface area contributed by atoms with Crippen molar-refractivity contribution in [2.45, 2.75) is 12.2 Å². The second-order valence-electron chi connectivity index (χ2n) is 3.61. The lowest BCUT2D eigenvalue weighted by atomic mass is 10.0. The van der Waals surface area contributed by atoms with Crippen LogP contribution >= 0.6 is 0 Å². The second kappa shape index (κ2) is 5.58. The topological polar surface area (TPSA) is 122 Å². The Morgan fingerprint density at radius 1 is 1.53 bits per heavy atom. The van der Waals surface area contributed by atoms with Crippen molar-refractivity contribution in [1.29, 1.82) is 0 Å². The number of anilines is 1. The van der Waals surface area contributed by atoms with Crippen LogP contribution in [0.1, 0.15) is 11.7 Å². The minimum Gasteiger partial charge on any atom is -0.393 e. The fourth-order valence-corrected chi connectivity index (χ4v) is 1.56. The van der Waals surface area contributed by atoms with Crippen LogP contribution in [0.25, 0.3) is 0 Å². The fourth-order valence-electron chi connectivity index (χ4n) is 1.56. The van der Waals surface area contributed by atoms with Gasteiger partial charge in [-0.25, -0.2) is 0 Å². The zero-order valence-electron chi connectivity index (χ0n) is 9.33. The van der Waals surface area contributed by atoms with Crippen LogP contribution in [0.5, 0.6) is 0 Å². The molecule has 0 aliphatic carbocycles. The van der Waals surface area contributed by atoms with E-state index in [1.807, 2.05) is 0 Å². The van der Waals surface area contributed by atoms with E-state index in [0.29, 0.717) is 0 Å². The molecule has 0 amide bonds. The number of aliphatic hydroxyl groups is 2. The number of nitro benzene ring substituents is 1. The van der Waals surface area contributed by atoms with Gasteiger partial charge in [-0.05, 0) is 19.2 Å². The minimum atomic E-state index is -1.36. The second-order valence-corrected chi connectivity index (χ2v) is 3.61. The lowest BCUT2D eigenvalue weighted by Crippen LogP contribution is -2.30. The highest BCUT2D eigenvalue weighted by molar-refractivity contribution is 5.63. The number of nitrogens with two attached hydrogens (primary N) is 1. The number of hydrogen-bond donors (Lipinski definition) is 4. The van der Waals surface area contributed by atoms with Gasteiger partial charge in [0.1, 0.15) is 11.8 Å². The Kier molecular flexibility index (Phi) is 4.38. The van der Waals surface area contributed by atoms with E-state index < -0.39 is 17.1 Å². The maximum Gasteiger partial charge on any atom is 0.297 e. The highest BCUT2D eigenvalue weighted by Gasteiger charge is 2.27. The van der Waals surface area contributed by atoms with E-state index in [-0.39, 0.29) is 23.5 Å². The van der Waals surface area contributed by atoms with Gasteiger partial charge in [-0.15, -0.1) is 0 Å². The quantitative estimate of drug-likeness (QED) is 0.321. The Morgan fingerprint density at radius 2 is 2.18 bits per heavy atom. The zero-order chi connectivity index (χ0) is 13.0. The summed E-state index contributed by atoms with van der Waals surface area (Å²) in [6, 6.07) is 4.24. The van der Waals surface area contributed by atoms with Crippen LogP contribution < -0.4 is 11.1 Å². The summed E-state index contributed by atoms with van der Waals surface area (Å²) < 4.78 is 0. The van der Waals surface area contributed by atoms with Crippen LogP contribution in [0.15, 0.2) is 18.2 Å². The largest absolute Gasteiger partial charge is 0.393 e. The lowest BCUT2D eigenvalue weighted by molar-refractivity contribution is -0.385. The Morgan fingerprint density at radius 3 is 2.71 bits per heavy atom. The first-order chi connectivity index (χ1) is 7.99. The molecule has 1 rings (SSSR count). The molecule has 7 heteroatoms. The highest BCUT2D eigenvalue weighted by atomic mass is 16.6. The molecular formula is C10H15N3O4. The fraction of sp³-hybridized carbons (Fsp3) is 0.400. The SMILES string of the molecule is CNCC(O)C(O)c1cccc(N)c1[N+](=O)[O-]. The van der Waals surface area contributed by atoms with Gasteiger partial charge in [0.25, 0.3) is 5.69 Å². The first-order valence-electron chi connectivity index (χ1n) is 5.02. The molecule has 2 atom stereocenters. The summed E-state index contributed by atoms with van der Waals surface area (Å²) >= 11 is 0. The van der Waals surface area contributed by atoms with Crippen LogP contribution in [0.4, 0.5) is 11.4 Å². The third-order valence-electron chi connectivity index (χ3n) is 2.38. The summed E-state index contributed by atoms with van der Waals surface area (Å²) in [4.78, 5) is 10.2. The summed E-state index contributed by atoms with van der Waals surface area (Å²) in [7, 11) is 1.60. The van der Waals surface area contributed by atoms with Crippen molar-refractivity contribution in [3.63, 3.8) is 0 Å². The molecule has 0 aliphatic rings. The van der Waals surface area contributed by atoms with Crippen molar-refractivity contribution in [1.82, 2.24) is 5.32 Å². The van der Waals surface area contributed by atoms with Crippen molar-refractivity contribution in [3.05, 3.63) is 33.9 Å². The molecule has 7 nitrogen and oxygen atoms in total.